The average molecular weight is 351 g/mol. The van der Waals surface area contributed by atoms with E-state index in [9.17, 15) is 19.7 Å². The van der Waals surface area contributed by atoms with Crippen LogP contribution in [0.5, 0.6) is 5.75 Å². The minimum Gasteiger partial charge on any atom is -0.493 e. The Labute approximate surface area is 147 Å². The van der Waals surface area contributed by atoms with Gasteiger partial charge in [0.2, 0.25) is 0 Å². The van der Waals surface area contributed by atoms with Crippen LogP contribution < -0.4 is 10.4 Å². The van der Waals surface area contributed by atoms with Crippen molar-refractivity contribution in [1.82, 2.24) is 0 Å². The topological polar surface area (TPSA) is 99.6 Å². The summed E-state index contributed by atoms with van der Waals surface area (Å²) < 4.78 is 10.3. The number of carbonyl (C=O) groups excluding carboxylic acids is 1. The summed E-state index contributed by atoms with van der Waals surface area (Å²) >= 11 is 0. The van der Waals surface area contributed by atoms with Gasteiger partial charge in [-0.25, -0.2) is 4.79 Å². The van der Waals surface area contributed by atoms with E-state index in [1.54, 1.807) is 24.3 Å². The number of hydrogen-bond acceptors (Lipinski definition) is 6. The van der Waals surface area contributed by atoms with E-state index in [4.69, 9.17) is 9.15 Å². The summed E-state index contributed by atoms with van der Waals surface area (Å²) in [5.74, 6) is -0.166. The molecule has 0 fully saturated rings. The molecule has 26 heavy (non-hydrogen) atoms. The van der Waals surface area contributed by atoms with Crippen LogP contribution in [0.25, 0.3) is 17.0 Å². The van der Waals surface area contributed by atoms with Crippen molar-refractivity contribution < 1.29 is 18.9 Å². The first kappa shape index (κ1) is 17.1. The molecule has 0 aliphatic carbocycles. The molecule has 0 aliphatic rings. The number of nitro groups is 1. The Hall–Kier alpha value is -3.74. The maximum atomic E-state index is 12.3. The lowest BCUT2D eigenvalue weighted by atomic mass is 10.1. The smallest absolute Gasteiger partial charge is 0.347 e. The van der Waals surface area contributed by atoms with E-state index in [1.165, 1.54) is 43.5 Å². The highest BCUT2D eigenvalue weighted by Gasteiger charge is 2.13. The fraction of sp³-hybridized carbons (Fsp3) is 0.0526. The number of ketones is 1. The number of hydrogen-bond donors (Lipinski definition) is 0. The van der Waals surface area contributed by atoms with Gasteiger partial charge in [0, 0.05) is 17.5 Å². The molecule has 7 heteroatoms. The first-order valence-corrected chi connectivity index (χ1v) is 7.57. The van der Waals surface area contributed by atoms with E-state index in [0.29, 0.717) is 16.7 Å². The molecule has 0 radical (unpaired) electrons. The van der Waals surface area contributed by atoms with Gasteiger partial charge in [-0.05, 0) is 23.8 Å². The van der Waals surface area contributed by atoms with E-state index < -0.39 is 16.3 Å². The molecule has 0 atom stereocenters. The maximum Gasteiger partial charge on any atom is 0.347 e. The Balaban J connectivity index is 1.95. The SMILES string of the molecule is COc1cccc2cc(C(=O)/C=C/c3cccc([N+](=O)[O-])c3)c(=O)oc12. The van der Waals surface area contributed by atoms with E-state index in [1.807, 2.05) is 0 Å². The molecule has 0 saturated carbocycles. The lowest BCUT2D eigenvalue weighted by molar-refractivity contribution is -0.384. The second-order valence-corrected chi connectivity index (χ2v) is 5.38. The van der Waals surface area contributed by atoms with Gasteiger partial charge in [-0.3, -0.25) is 14.9 Å². The third kappa shape index (κ3) is 3.36. The number of benzene rings is 2. The third-order valence-corrected chi connectivity index (χ3v) is 3.72. The Morgan fingerprint density at radius 2 is 1.96 bits per heavy atom. The van der Waals surface area contributed by atoms with Crippen molar-refractivity contribution in [2.45, 2.75) is 0 Å². The van der Waals surface area contributed by atoms with Crippen molar-refractivity contribution in [2.75, 3.05) is 7.11 Å². The number of rotatable bonds is 5. The molecule has 0 spiro atoms. The minimum atomic E-state index is -0.782. The Bertz CT molecular complexity index is 1100. The van der Waals surface area contributed by atoms with Gasteiger partial charge in [0.15, 0.2) is 17.1 Å². The number of methoxy groups -OCH3 is 1. The molecule has 3 rings (SSSR count). The van der Waals surface area contributed by atoms with Gasteiger partial charge in [-0.15, -0.1) is 0 Å². The molecule has 0 saturated heterocycles. The number of ether oxygens (including phenoxy) is 1. The van der Waals surface area contributed by atoms with Crippen molar-refractivity contribution in [1.29, 1.82) is 0 Å². The minimum absolute atomic E-state index is 0.0862. The summed E-state index contributed by atoms with van der Waals surface area (Å²) in [7, 11) is 1.45. The van der Waals surface area contributed by atoms with Crippen LogP contribution in [-0.4, -0.2) is 17.8 Å². The summed E-state index contributed by atoms with van der Waals surface area (Å²) in [5.41, 5.74) is -0.265. The zero-order valence-corrected chi connectivity index (χ0v) is 13.7. The fourth-order valence-electron chi connectivity index (χ4n) is 2.45. The second kappa shape index (κ2) is 7.02. The number of non-ortho nitro benzene ring substituents is 1. The van der Waals surface area contributed by atoms with Crippen LogP contribution in [0.2, 0.25) is 0 Å². The van der Waals surface area contributed by atoms with Gasteiger partial charge in [-0.1, -0.05) is 30.3 Å². The summed E-state index contributed by atoms with van der Waals surface area (Å²) in [5, 5.41) is 11.3. The van der Waals surface area contributed by atoms with Gasteiger partial charge < -0.3 is 9.15 Å². The molecule has 2 aromatic carbocycles. The average Bonchev–Trinajstić information content (AvgIpc) is 2.65. The molecule has 3 aromatic rings. The molecule has 1 heterocycles. The van der Waals surface area contributed by atoms with Crippen LogP contribution in [-0.2, 0) is 0 Å². The molecular formula is C19H13NO6. The highest BCUT2D eigenvalue weighted by molar-refractivity contribution is 6.08. The lowest BCUT2D eigenvalue weighted by Gasteiger charge is -2.04. The van der Waals surface area contributed by atoms with Crippen molar-refractivity contribution in [3.63, 3.8) is 0 Å². The molecular weight excluding hydrogens is 338 g/mol. The summed E-state index contributed by atoms with van der Waals surface area (Å²) in [6, 6.07) is 12.3. The Kier molecular flexibility index (Phi) is 4.62. The molecule has 0 unspecified atom stereocenters. The van der Waals surface area contributed by atoms with Gasteiger partial charge in [0.05, 0.1) is 12.0 Å². The number of para-hydroxylation sites is 1. The number of carbonyl (C=O) groups is 1. The molecule has 0 amide bonds. The highest BCUT2D eigenvalue weighted by atomic mass is 16.6. The maximum absolute atomic E-state index is 12.3. The lowest BCUT2D eigenvalue weighted by Crippen LogP contribution is -2.12. The third-order valence-electron chi connectivity index (χ3n) is 3.72. The van der Waals surface area contributed by atoms with Gasteiger partial charge in [0.1, 0.15) is 5.56 Å². The summed E-state index contributed by atoms with van der Waals surface area (Å²) in [6.45, 7) is 0. The second-order valence-electron chi connectivity index (χ2n) is 5.38. The molecule has 7 nitrogen and oxygen atoms in total. The standard InChI is InChI=1S/C19H13NO6/c1-25-17-7-3-5-13-11-15(19(22)26-18(13)17)16(21)9-8-12-4-2-6-14(10-12)20(23)24/h2-11H,1H3/b9-8+. The number of nitrogens with zero attached hydrogens (tertiary/aromatic N) is 1. The van der Waals surface area contributed by atoms with Gasteiger partial charge >= 0.3 is 5.63 Å². The van der Waals surface area contributed by atoms with Crippen LogP contribution in [0, 0.1) is 10.1 Å². The van der Waals surface area contributed by atoms with Gasteiger partial charge in [-0.2, -0.15) is 0 Å². The van der Waals surface area contributed by atoms with Crippen LogP contribution in [0.1, 0.15) is 15.9 Å². The Morgan fingerprint density at radius 3 is 2.69 bits per heavy atom. The van der Waals surface area contributed by atoms with Crippen molar-refractivity contribution in [2.24, 2.45) is 0 Å². The number of nitro benzene ring substituents is 1. The monoisotopic (exact) mass is 351 g/mol. The molecule has 0 aliphatic heterocycles. The first-order chi connectivity index (χ1) is 12.5. The fourth-order valence-corrected chi connectivity index (χ4v) is 2.45. The first-order valence-electron chi connectivity index (χ1n) is 7.57. The van der Waals surface area contributed by atoms with Gasteiger partial charge in [0.25, 0.3) is 5.69 Å². The zero-order valence-electron chi connectivity index (χ0n) is 13.7. The molecule has 0 bridgehead atoms. The van der Waals surface area contributed by atoms with Crippen molar-refractivity contribution >= 4 is 28.5 Å². The normalized spacial score (nSPS) is 11.0. The predicted octanol–water partition coefficient (Wildman–Crippen LogP) is 3.61. The molecule has 0 N–H and O–H groups in total. The van der Waals surface area contributed by atoms with Crippen LogP contribution >= 0.6 is 0 Å². The largest absolute Gasteiger partial charge is 0.493 e. The van der Waals surface area contributed by atoms with Crippen molar-refractivity contribution in [3.8, 4) is 5.75 Å². The van der Waals surface area contributed by atoms with E-state index in [-0.39, 0.29) is 16.8 Å². The molecule has 1 aromatic heterocycles. The van der Waals surface area contributed by atoms with E-state index in [2.05, 4.69) is 0 Å². The number of allylic oxidation sites excluding steroid dienone is 1. The van der Waals surface area contributed by atoms with Crippen LogP contribution in [0.15, 0.2) is 63.8 Å². The Morgan fingerprint density at radius 1 is 1.19 bits per heavy atom. The zero-order chi connectivity index (χ0) is 18.7. The predicted molar refractivity (Wildman–Crippen MR) is 95.5 cm³/mol. The van der Waals surface area contributed by atoms with Crippen LogP contribution in [0.3, 0.4) is 0 Å². The molecule has 130 valence electrons. The quantitative estimate of drug-likeness (QED) is 0.229. The summed E-state index contributed by atoms with van der Waals surface area (Å²) in [6.07, 6.45) is 2.59. The van der Waals surface area contributed by atoms with E-state index >= 15 is 0 Å². The number of fused-ring (bicyclic) bond motifs is 1. The highest BCUT2D eigenvalue weighted by Crippen LogP contribution is 2.24. The summed E-state index contributed by atoms with van der Waals surface area (Å²) in [4.78, 5) is 34.7. The van der Waals surface area contributed by atoms with Crippen molar-refractivity contribution in [3.05, 3.63) is 86.3 Å². The van der Waals surface area contributed by atoms with Crippen LogP contribution in [0.4, 0.5) is 5.69 Å². The van der Waals surface area contributed by atoms with E-state index in [0.717, 1.165) is 0 Å².